The Morgan fingerprint density at radius 2 is 1.95 bits per heavy atom. The molecule has 0 radical (unpaired) electrons. The second-order valence-corrected chi connectivity index (χ2v) is 4.65. The second kappa shape index (κ2) is 5.22. The molecule has 2 rings (SSSR count). The molecule has 0 atom stereocenters. The molecule has 0 spiro atoms. The minimum absolute atomic E-state index is 0.0917. The van der Waals surface area contributed by atoms with Crippen LogP contribution >= 0.6 is 0 Å². The predicted octanol–water partition coefficient (Wildman–Crippen LogP) is 3.42. The summed E-state index contributed by atoms with van der Waals surface area (Å²) in [6.45, 7) is 5.87. The van der Waals surface area contributed by atoms with Crippen LogP contribution in [-0.4, -0.2) is 9.97 Å². The Morgan fingerprint density at radius 1 is 1.21 bits per heavy atom. The van der Waals surface area contributed by atoms with E-state index >= 15 is 0 Å². The van der Waals surface area contributed by atoms with Crippen LogP contribution in [0, 0.1) is 12.7 Å². The molecule has 2 aromatic rings. The van der Waals surface area contributed by atoms with Crippen LogP contribution in [0.2, 0.25) is 0 Å². The zero-order chi connectivity index (χ0) is 14.0. The molecule has 100 valence electrons. The van der Waals surface area contributed by atoms with Gasteiger partial charge in [0.15, 0.2) is 0 Å². The molecule has 0 aliphatic rings. The molecule has 5 heteroatoms. The zero-order valence-corrected chi connectivity index (χ0v) is 11.1. The highest BCUT2D eigenvalue weighted by molar-refractivity contribution is 5.44. The lowest BCUT2D eigenvalue weighted by molar-refractivity contribution is 0.452. The monoisotopic (exact) mass is 261 g/mol. The van der Waals surface area contributed by atoms with Crippen molar-refractivity contribution in [1.82, 2.24) is 9.97 Å². The third-order valence-electron chi connectivity index (χ3n) is 2.56. The van der Waals surface area contributed by atoms with Gasteiger partial charge in [-0.3, -0.25) is 0 Å². The van der Waals surface area contributed by atoms with Gasteiger partial charge in [0.05, 0.1) is 5.69 Å². The number of nitrogen functional groups attached to an aromatic ring is 1. The van der Waals surface area contributed by atoms with Crippen molar-refractivity contribution >= 4 is 5.69 Å². The standard InChI is InChI=1S/C14H16FN3O/c1-8(2)14-17-9(3)6-13(18-14)19-10-4-5-12(16)11(15)7-10/h4-8H,16H2,1-3H3. The topological polar surface area (TPSA) is 61.0 Å². The third-order valence-corrected chi connectivity index (χ3v) is 2.56. The van der Waals surface area contributed by atoms with Crippen molar-refractivity contribution in [3.8, 4) is 11.6 Å². The van der Waals surface area contributed by atoms with Crippen LogP contribution in [0.3, 0.4) is 0 Å². The molecule has 1 heterocycles. The van der Waals surface area contributed by atoms with Crippen molar-refractivity contribution in [2.75, 3.05) is 5.73 Å². The summed E-state index contributed by atoms with van der Waals surface area (Å²) < 4.78 is 18.9. The van der Waals surface area contributed by atoms with Crippen LogP contribution in [0.1, 0.15) is 31.3 Å². The number of halogens is 1. The van der Waals surface area contributed by atoms with Gasteiger partial charge in [0.2, 0.25) is 5.88 Å². The average Bonchev–Trinajstić information content (AvgIpc) is 2.33. The van der Waals surface area contributed by atoms with Crippen LogP contribution in [0.15, 0.2) is 24.3 Å². The van der Waals surface area contributed by atoms with E-state index in [1.807, 2.05) is 20.8 Å². The molecule has 0 aliphatic carbocycles. The molecule has 0 saturated carbocycles. The van der Waals surface area contributed by atoms with E-state index in [1.54, 1.807) is 12.1 Å². The Hall–Kier alpha value is -2.17. The Bertz CT molecular complexity index is 599. The number of hydrogen-bond donors (Lipinski definition) is 1. The van der Waals surface area contributed by atoms with Gasteiger partial charge in [0.1, 0.15) is 17.4 Å². The summed E-state index contributed by atoms with van der Waals surface area (Å²) in [6.07, 6.45) is 0. The first-order valence-corrected chi connectivity index (χ1v) is 6.04. The number of aryl methyl sites for hydroxylation is 1. The molecule has 0 unspecified atom stereocenters. The number of aromatic nitrogens is 2. The second-order valence-electron chi connectivity index (χ2n) is 4.65. The highest BCUT2D eigenvalue weighted by Gasteiger charge is 2.08. The molecule has 19 heavy (non-hydrogen) atoms. The van der Waals surface area contributed by atoms with E-state index in [1.165, 1.54) is 12.1 Å². The first-order chi connectivity index (χ1) is 8.95. The largest absolute Gasteiger partial charge is 0.439 e. The summed E-state index contributed by atoms with van der Waals surface area (Å²) in [5.41, 5.74) is 6.32. The van der Waals surface area contributed by atoms with Crippen molar-refractivity contribution in [3.05, 3.63) is 41.6 Å². The molecule has 0 saturated heterocycles. The van der Waals surface area contributed by atoms with Crippen molar-refractivity contribution in [2.45, 2.75) is 26.7 Å². The van der Waals surface area contributed by atoms with Crippen LogP contribution in [0.5, 0.6) is 11.6 Å². The lowest BCUT2D eigenvalue weighted by atomic mass is 10.2. The van der Waals surface area contributed by atoms with E-state index in [4.69, 9.17) is 10.5 Å². The minimum Gasteiger partial charge on any atom is -0.439 e. The summed E-state index contributed by atoms with van der Waals surface area (Å²) in [5.74, 6) is 1.16. The number of benzene rings is 1. The van der Waals surface area contributed by atoms with Crippen molar-refractivity contribution in [3.63, 3.8) is 0 Å². The minimum atomic E-state index is -0.507. The molecule has 1 aromatic carbocycles. The van der Waals surface area contributed by atoms with Gasteiger partial charge in [-0.15, -0.1) is 0 Å². The smallest absolute Gasteiger partial charge is 0.222 e. The molecular formula is C14H16FN3O. The SMILES string of the molecule is Cc1cc(Oc2ccc(N)c(F)c2)nc(C(C)C)n1. The molecule has 1 aromatic heterocycles. The van der Waals surface area contributed by atoms with Gasteiger partial charge in [-0.1, -0.05) is 13.8 Å². The van der Waals surface area contributed by atoms with Crippen molar-refractivity contribution in [1.29, 1.82) is 0 Å². The van der Waals surface area contributed by atoms with Crippen LogP contribution in [-0.2, 0) is 0 Å². The zero-order valence-electron chi connectivity index (χ0n) is 11.1. The Labute approximate surface area is 111 Å². The van der Waals surface area contributed by atoms with Crippen LogP contribution in [0.4, 0.5) is 10.1 Å². The van der Waals surface area contributed by atoms with E-state index in [0.717, 1.165) is 5.69 Å². The van der Waals surface area contributed by atoms with Gasteiger partial charge in [0, 0.05) is 23.7 Å². The quantitative estimate of drug-likeness (QED) is 0.860. The van der Waals surface area contributed by atoms with Gasteiger partial charge in [-0.2, -0.15) is 4.98 Å². The van der Waals surface area contributed by atoms with Crippen LogP contribution in [0.25, 0.3) is 0 Å². The summed E-state index contributed by atoms with van der Waals surface area (Å²) in [7, 11) is 0. The van der Waals surface area contributed by atoms with Crippen molar-refractivity contribution < 1.29 is 9.13 Å². The Balaban J connectivity index is 2.29. The fraction of sp³-hybridized carbons (Fsp3) is 0.286. The summed E-state index contributed by atoms with van der Waals surface area (Å²) >= 11 is 0. The Morgan fingerprint density at radius 3 is 2.58 bits per heavy atom. The highest BCUT2D eigenvalue weighted by atomic mass is 19.1. The predicted molar refractivity (Wildman–Crippen MR) is 71.7 cm³/mol. The number of nitrogens with zero attached hydrogens (tertiary/aromatic N) is 2. The van der Waals surface area contributed by atoms with E-state index in [-0.39, 0.29) is 11.6 Å². The van der Waals surface area contributed by atoms with Gasteiger partial charge in [-0.25, -0.2) is 9.37 Å². The van der Waals surface area contributed by atoms with E-state index in [0.29, 0.717) is 17.5 Å². The fourth-order valence-electron chi connectivity index (χ4n) is 1.56. The summed E-state index contributed by atoms with van der Waals surface area (Å²) in [5, 5.41) is 0. The average molecular weight is 261 g/mol. The van der Waals surface area contributed by atoms with E-state index < -0.39 is 5.82 Å². The third kappa shape index (κ3) is 3.19. The lowest BCUT2D eigenvalue weighted by Gasteiger charge is -2.09. The maximum Gasteiger partial charge on any atom is 0.222 e. The fourth-order valence-corrected chi connectivity index (χ4v) is 1.56. The number of anilines is 1. The number of ether oxygens (including phenoxy) is 1. The molecule has 2 N–H and O–H groups in total. The number of hydrogen-bond acceptors (Lipinski definition) is 4. The lowest BCUT2D eigenvalue weighted by Crippen LogP contribution is -2.01. The number of nitrogens with two attached hydrogens (primary N) is 1. The molecule has 0 bridgehead atoms. The molecule has 0 amide bonds. The van der Waals surface area contributed by atoms with Gasteiger partial charge in [0.25, 0.3) is 0 Å². The Kier molecular flexibility index (Phi) is 3.64. The maximum absolute atomic E-state index is 13.3. The normalized spacial score (nSPS) is 10.8. The number of rotatable bonds is 3. The molecule has 0 aliphatic heterocycles. The van der Waals surface area contributed by atoms with Gasteiger partial charge in [-0.05, 0) is 19.1 Å². The highest BCUT2D eigenvalue weighted by Crippen LogP contribution is 2.24. The summed E-state index contributed by atoms with van der Waals surface area (Å²) in [6, 6.07) is 6.01. The first kappa shape index (κ1) is 13.3. The summed E-state index contributed by atoms with van der Waals surface area (Å²) in [4.78, 5) is 8.61. The van der Waals surface area contributed by atoms with Crippen LogP contribution < -0.4 is 10.5 Å². The molecular weight excluding hydrogens is 245 g/mol. The van der Waals surface area contributed by atoms with E-state index in [9.17, 15) is 4.39 Å². The van der Waals surface area contributed by atoms with E-state index in [2.05, 4.69) is 9.97 Å². The first-order valence-electron chi connectivity index (χ1n) is 6.04. The van der Waals surface area contributed by atoms with Gasteiger partial charge < -0.3 is 10.5 Å². The maximum atomic E-state index is 13.3. The van der Waals surface area contributed by atoms with Crippen molar-refractivity contribution in [2.24, 2.45) is 0 Å². The molecule has 0 fully saturated rings. The van der Waals surface area contributed by atoms with Gasteiger partial charge >= 0.3 is 0 Å². The molecule has 4 nitrogen and oxygen atoms in total.